The van der Waals surface area contributed by atoms with Crippen molar-refractivity contribution in [3.05, 3.63) is 29.6 Å². The van der Waals surface area contributed by atoms with E-state index in [9.17, 15) is 35.9 Å². The number of pyridine rings is 1. The lowest BCUT2D eigenvalue weighted by Gasteiger charge is -2.30. The van der Waals surface area contributed by atoms with Crippen molar-refractivity contribution in [2.75, 3.05) is 13.1 Å². The number of hydrogen-bond acceptors (Lipinski definition) is 4. The first-order chi connectivity index (χ1) is 11.9. The molecule has 3 N–H and O–H groups in total. The van der Waals surface area contributed by atoms with E-state index in [1.807, 2.05) is 0 Å². The fourth-order valence-corrected chi connectivity index (χ4v) is 2.32. The van der Waals surface area contributed by atoms with Gasteiger partial charge in [-0.25, -0.2) is 4.79 Å². The van der Waals surface area contributed by atoms with Crippen LogP contribution in [0.15, 0.2) is 18.5 Å². The summed E-state index contributed by atoms with van der Waals surface area (Å²) in [7, 11) is 0. The summed E-state index contributed by atoms with van der Waals surface area (Å²) in [5, 5.41) is 19.6. The van der Waals surface area contributed by atoms with Gasteiger partial charge in [-0.1, -0.05) is 0 Å². The third-order valence-electron chi connectivity index (χ3n) is 3.58. The summed E-state index contributed by atoms with van der Waals surface area (Å²) in [6.07, 6.45) is -7.64. The zero-order valence-electron chi connectivity index (χ0n) is 12.9. The van der Waals surface area contributed by atoms with Crippen LogP contribution in [0.5, 0.6) is 0 Å². The molecular formula is C14H14F6N2O4. The highest BCUT2D eigenvalue weighted by molar-refractivity contribution is 5.89. The van der Waals surface area contributed by atoms with Gasteiger partial charge in [0.1, 0.15) is 0 Å². The normalized spacial score (nSPS) is 20.7. The zero-order chi connectivity index (χ0) is 20.1. The molecule has 2 atom stereocenters. The number of aliphatic carboxylic acids is 1. The summed E-state index contributed by atoms with van der Waals surface area (Å²) in [5.74, 6) is -6.06. The van der Waals surface area contributed by atoms with Crippen LogP contribution in [0.2, 0.25) is 0 Å². The maximum Gasteiger partial charge on any atom is 0.417 e. The van der Waals surface area contributed by atoms with Crippen molar-refractivity contribution >= 4 is 11.9 Å². The van der Waals surface area contributed by atoms with E-state index >= 15 is 0 Å². The summed E-state index contributed by atoms with van der Waals surface area (Å²) in [4.78, 5) is 24.1. The lowest BCUT2D eigenvalue weighted by Crippen LogP contribution is -2.46. The first kappa shape index (κ1) is 21.7. The molecule has 0 bridgehead atoms. The number of hydrogen-bond donors (Lipinski definition) is 3. The van der Waals surface area contributed by atoms with E-state index < -0.39 is 47.3 Å². The second-order valence-corrected chi connectivity index (χ2v) is 5.31. The number of piperidine rings is 1. The van der Waals surface area contributed by atoms with Crippen LogP contribution >= 0.6 is 0 Å². The smallest absolute Gasteiger partial charge is 0.417 e. The average molecular weight is 388 g/mol. The SMILES string of the molecule is O=C(O)[C@H]1CNCC[C@H]1C(F)(F)F.O=C(O)c1cnccc1C(F)(F)F. The Morgan fingerprint density at radius 3 is 2.15 bits per heavy atom. The van der Waals surface area contributed by atoms with Crippen molar-refractivity contribution in [3.63, 3.8) is 0 Å². The first-order valence-corrected chi connectivity index (χ1v) is 7.10. The monoisotopic (exact) mass is 388 g/mol. The molecule has 12 heteroatoms. The Hall–Kier alpha value is -2.37. The van der Waals surface area contributed by atoms with Crippen LogP contribution in [0, 0.1) is 11.8 Å². The summed E-state index contributed by atoms with van der Waals surface area (Å²) in [5.41, 5.74) is -2.02. The molecule has 1 saturated heterocycles. The third kappa shape index (κ3) is 5.86. The van der Waals surface area contributed by atoms with Gasteiger partial charge in [0.15, 0.2) is 0 Å². The van der Waals surface area contributed by atoms with Crippen molar-refractivity contribution < 1.29 is 46.1 Å². The molecule has 0 aromatic carbocycles. The van der Waals surface area contributed by atoms with Crippen LogP contribution in [0.4, 0.5) is 26.3 Å². The molecule has 0 saturated carbocycles. The van der Waals surface area contributed by atoms with Crippen molar-refractivity contribution in [2.24, 2.45) is 11.8 Å². The number of halogens is 6. The number of aromatic carboxylic acids is 1. The second kappa shape index (κ2) is 8.34. The topological polar surface area (TPSA) is 99.5 Å². The quantitative estimate of drug-likeness (QED) is 0.674. The summed E-state index contributed by atoms with van der Waals surface area (Å²) < 4.78 is 73.1. The molecular weight excluding hydrogens is 374 g/mol. The molecule has 26 heavy (non-hydrogen) atoms. The van der Waals surface area contributed by atoms with Gasteiger partial charge in [-0.3, -0.25) is 9.78 Å². The van der Waals surface area contributed by atoms with E-state index in [0.29, 0.717) is 12.3 Å². The molecule has 0 spiro atoms. The minimum Gasteiger partial charge on any atom is -0.481 e. The molecule has 1 fully saturated rings. The van der Waals surface area contributed by atoms with Gasteiger partial charge < -0.3 is 15.5 Å². The van der Waals surface area contributed by atoms with E-state index in [4.69, 9.17) is 10.2 Å². The highest BCUT2D eigenvalue weighted by atomic mass is 19.4. The summed E-state index contributed by atoms with van der Waals surface area (Å²) in [6.45, 7) is 0.132. The maximum atomic E-state index is 12.3. The number of alkyl halides is 6. The number of rotatable bonds is 2. The highest BCUT2D eigenvalue weighted by Gasteiger charge is 2.48. The minimum absolute atomic E-state index is 0.0977. The van der Waals surface area contributed by atoms with Crippen molar-refractivity contribution in [1.29, 1.82) is 0 Å². The number of carboxylic acids is 2. The van der Waals surface area contributed by atoms with Gasteiger partial charge in [-0.2, -0.15) is 26.3 Å². The van der Waals surface area contributed by atoms with Crippen molar-refractivity contribution in [3.8, 4) is 0 Å². The fraction of sp³-hybridized carbons (Fsp3) is 0.500. The number of carbonyl (C=O) groups is 2. The van der Waals surface area contributed by atoms with Crippen molar-refractivity contribution in [2.45, 2.75) is 18.8 Å². The van der Waals surface area contributed by atoms with Crippen LogP contribution in [-0.2, 0) is 11.0 Å². The molecule has 146 valence electrons. The molecule has 6 nitrogen and oxygen atoms in total. The van der Waals surface area contributed by atoms with Crippen LogP contribution < -0.4 is 5.32 Å². The van der Waals surface area contributed by atoms with Crippen LogP contribution in [-0.4, -0.2) is 46.4 Å². The Bertz CT molecular complexity index is 647. The molecule has 2 heterocycles. The lowest BCUT2D eigenvalue weighted by molar-refractivity contribution is -0.201. The summed E-state index contributed by atoms with van der Waals surface area (Å²) in [6, 6.07) is 0.628. The average Bonchev–Trinajstić information content (AvgIpc) is 2.54. The van der Waals surface area contributed by atoms with Gasteiger partial charge in [0.2, 0.25) is 0 Å². The largest absolute Gasteiger partial charge is 0.481 e. The Morgan fingerprint density at radius 1 is 1.15 bits per heavy atom. The maximum absolute atomic E-state index is 12.3. The van der Waals surface area contributed by atoms with Gasteiger partial charge in [0.25, 0.3) is 0 Å². The van der Waals surface area contributed by atoms with Crippen LogP contribution in [0.1, 0.15) is 22.3 Å². The van der Waals surface area contributed by atoms with E-state index in [0.717, 1.165) is 6.20 Å². The predicted octanol–water partition coefficient (Wildman–Crippen LogP) is 2.66. The molecule has 1 aliphatic heterocycles. The Labute approximate surface area is 142 Å². The number of aromatic nitrogens is 1. The van der Waals surface area contributed by atoms with Gasteiger partial charge in [-0.05, 0) is 19.0 Å². The van der Waals surface area contributed by atoms with Gasteiger partial charge >= 0.3 is 24.3 Å². The lowest BCUT2D eigenvalue weighted by atomic mass is 9.86. The molecule has 2 rings (SSSR count). The van der Waals surface area contributed by atoms with Crippen LogP contribution in [0.25, 0.3) is 0 Å². The Balaban J connectivity index is 0.000000260. The summed E-state index contributed by atoms with van der Waals surface area (Å²) >= 11 is 0. The molecule has 1 aromatic rings. The minimum atomic E-state index is -4.66. The predicted molar refractivity (Wildman–Crippen MR) is 74.4 cm³/mol. The molecule has 1 aromatic heterocycles. The fourth-order valence-electron chi connectivity index (χ4n) is 2.32. The molecule has 1 aliphatic rings. The van der Waals surface area contributed by atoms with Gasteiger partial charge in [0, 0.05) is 18.9 Å². The zero-order valence-corrected chi connectivity index (χ0v) is 12.9. The second-order valence-electron chi connectivity index (χ2n) is 5.31. The van der Waals surface area contributed by atoms with Gasteiger partial charge in [0.05, 0.1) is 23.0 Å². The molecule has 0 aliphatic carbocycles. The van der Waals surface area contributed by atoms with E-state index in [2.05, 4.69) is 10.3 Å². The van der Waals surface area contributed by atoms with E-state index in [1.54, 1.807) is 0 Å². The number of nitrogens with one attached hydrogen (secondary N) is 1. The molecule has 0 amide bonds. The standard InChI is InChI=1S/C7H10F3NO2.C7H4F3NO2/c2*8-7(9,10)5-1-2-11-3-4(5)6(12)13/h4-5,11H,1-3H2,(H,12,13);1-3H,(H,12,13)/t4-,5+;/m0./s1. The Morgan fingerprint density at radius 2 is 1.77 bits per heavy atom. The molecule has 0 radical (unpaired) electrons. The van der Waals surface area contributed by atoms with Gasteiger partial charge in [-0.15, -0.1) is 0 Å². The number of nitrogens with zero attached hydrogens (tertiary/aromatic N) is 1. The van der Waals surface area contributed by atoms with Crippen LogP contribution in [0.3, 0.4) is 0 Å². The highest BCUT2D eigenvalue weighted by Crippen LogP contribution is 2.36. The molecule has 0 unspecified atom stereocenters. The number of carboxylic acid groups (broad SMARTS) is 2. The van der Waals surface area contributed by atoms with E-state index in [-0.39, 0.29) is 19.5 Å². The third-order valence-corrected chi connectivity index (χ3v) is 3.58. The first-order valence-electron chi connectivity index (χ1n) is 7.10. The Kier molecular flexibility index (Phi) is 6.95. The van der Waals surface area contributed by atoms with E-state index in [1.165, 1.54) is 0 Å². The van der Waals surface area contributed by atoms with Crippen molar-refractivity contribution in [1.82, 2.24) is 10.3 Å².